The molecule has 0 aliphatic carbocycles. The van der Waals surface area contributed by atoms with E-state index in [1.54, 1.807) is 6.07 Å². The molecule has 1 N–H and O–H groups in total. The van der Waals surface area contributed by atoms with Crippen LogP contribution < -0.4 is 5.32 Å². The molecule has 1 atom stereocenters. The maximum atomic E-state index is 12.8. The number of halogens is 3. The van der Waals surface area contributed by atoms with Crippen LogP contribution in [0.2, 0.25) is 0 Å². The highest BCUT2D eigenvalue weighted by molar-refractivity contribution is 5.50. The van der Waals surface area contributed by atoms with E-state index >= 15 is 0 Å². The highest BCUT2D eigenvalue weighted by Crippen LogP contribution is 2.34. The molecule has 108 valence electrons. The number of hydrogen-bond acceptors (Lipinski definition) is 2. The van der Waals surface area contributed by atoms with Gasteiger partial charge in [-0.1, -0.05) is 6.07 Å². The Morgan fingerprint density at radius 3 is 2.35 bits per heavy atom. The largest absolute Gasteiger partial charge is 0.464 e. The summed E-state index contributed by atoms with van der Waals surface area (Å²) in [5.41, 5.74) is 0.0133. The quantitative estimate of drug-likeness (QED) is 0.849. The summed E-state index contributed by atoms with van der Waals surface area (Å²) < 4.78 is 44.0. The van der Waals surface area contributed by atoms with Gasteiger partial charge in [-0.25, -0.2) is 0 Å². The summed E-state index contributed by atoms with van der Waals surface area (Å²) >= 11 is 0. The molecule has 2 aromatic rings. The summed E-state index contributed by atoms with van der Waals surface area (Å²) in [6.45, 7) is 5.11. The first-order valence-corrected chi connectivity index (χ1v) is 6.28. The summed E-state index contributed by atoms with van der Waals surface area (Å²) in [5, 5.41) is 3.02. The van der Waals surface area contributed by atoms with Crippen LogP contribution in [0.1, 0.15) is 35.6 Å². The van der Waals surface area contributed by atoms with Crippen LogP contribution in [0.15, 0.2) is 34.7 Å². The fourth-order valence-electron chi connectivity index (χ4n) is 2.02. The van der Waals surface area contributed by atoms with Gasteiger partial charge in [-0.2, -0.15) is 13.2 Å². The normalized spacial score (nSPS) is 13.3. The molecule has 0 radical (unpaired) electrons. The molecular weight excluding hydrogens is 267 g/mol. The van der Waals surface area contributed by atoms with Gasteiger partial charge in [0.2, 0.25) is 0 Å². The summed E-state index contributed by atoms with van der Waals surface area (Å²) in [7, 11) is 0. The van der Waals surface area contributed by atoms with Crippen molar-refractivity contribution in [3.63, 3.8) is 0 Å². The average Bonchev–Trinajstić information content (AvgIpc) is 2.77. The lowest BCUT2D eigenvalue weighted by Gasteiger charge is -2.16. The van der Waals surface area contributed by atoms with Crippen LogP contribution in [0.4, 0.5) is 18.9 Å². The second-order valence-corrected chi connectivity index (χ2v) is 4.84. The third-order valence-corrected chi connectivity index (χ3v) is 3.11. The molecule has 0 amide bonds. The monoisotopic (exact) mass is 283 g/mol. The molecular formula is C15H16F3NO. The van der Waals surface area contributed by atoms with E-state index in [0.29, 0.717) is 11.4 Å². The number of alkyl halides is 3. The highest BCUT2D eigenvalue weighted by Gasteiger charge is 2.32. The number of furan rings is 1. The van der Waals surface area contributed by atoms with Crippen molar-refractivity contribution in [1.29, 1.82) is 0 Å². The number of hydrogen-bond donors (Lipinski definition) is 1. The minimum Gasteiger partial charge on any atom is -0.464 e. The molecule has 0 fully saturated rings. The number of benzene rings is 1. The van der Waals surface area contributed by atoms with Crippen molar-refractivity contribution in [3.8, 4) is 0 Å². The number of anilines is 1. The third-order valence-electron chi connectivity index (χ3n) is 3.11. The van der Waals surface area contributed by atoms with Gasteiger partial charge in [0.15, 0.2) is 0 Å². The summed E-state index contributed by atoms with van der Waals surface area (Å²) in [5.74, 6) is 1.46. The van der Waals surface area contributed by atoms with Crippen LogP contribution in [-0.2, 0) is 6.18 Å². The summed E-state index contributed by atoms with van der Waals surface area (Å²) in [6.07, 6.45) is -4.34. The van der Waals surface area contributed by atoms with Crippen molar-refractivity contribution in [3.05, 3.63) is 53.0 Å². The maximum absolute atomic E-state index is 12.8. The van der Waals surface area contributed by atoms with E-state index in [4.69, 9.17) is 4.42 Å². The van der Waals surface area contributed by atoms with Gasteiger partial charge in [-0.3, -0.25) is 0 Å². The van der Waals surface area contributed by atoms with E-state index in [2.05, 4.69) is 5.32 Å². The Labute approximate surface area is 115 Å². The van der Waals surface area contributed by atoms with Gasteiger partial charge >= 0.3 is 6.18 Å². The van der Waals surface area contributed by atoms with Crippen molar-refractivity contribution < 1.29 is 17.6 Å². The predicted molar refractivity (Wildman–Crippen MR) is 71.7 cm³/mol. The molecule has 1 aromatic carbocycles. The number of aryl methyl sites for hydroxylation is 2. The molecule has 0 spiro atoms. The molecule has 2 rings (SSSR count). The molecule has 2 nitrogen and oxygen atoms in total. The van der Waals surface area contributed by atoms with Gasteiger partial charge in [-0.15, -0.1) is 0 Å². The molecule has 0 bridgehead atoms. The van der Waals surface area contributed by atoms with Crippen LogP contribution in [0.3, 0.4) is 0 Å². The highest BCUT2D eigenvalue weighted by atomic mass is 19.4. The Morgan fingerprint density at radius 1 is 1.10 bits per heavy atom. The maximum Gasteiger partial charge on any atom is 0.416 e. The zero-order valence-corrected chi connectivity index (χ0v) is 11.5. The van der Waals surface area contributed by atoms with Gasteiger partial charge < -0.3 is 9.73 Å². The lowest BCUT2D eigenvalue weighted by Crippen LogP contribution is -2.10. The fraction of sp³-hybridized carbons (Fsp3) is 0.333. The van der Waals surface area contributed by atoms with Crippen LogP contribution in [0.5, 0.6) is 0 Å². The zero-order valence-electron chi connectivity index (χ0n) is 11.5. The molecule has 1 aromatic heterocycles. The average molecular weight is 283 g/mol. The van der Waals surface area contributed by atoms with Crippen molar-refractivity contribution in [2.45, 2.75) is 33.0 Å². The molecule has 0 aliphatic rings. The predicted octanol–water partition coefficient (Wildman–Crippen LogP) is 5.09. The number of rotatable bonds is 3. The molecule has 1 unspecified atom stereocenters. The van der Waals surface area contributed by atoms with Crippen LogP contribution in [0, 0.1) is 13.8 Å². The zero-order chi connectivity index (χ0) is 14.9. The van der Waals surface area contributed by atoms with Gasteiger partial charge in [0.25, 0.3) is 0 Å². The van der Waals surface area contributed by atoms with Crippen LogP contribution in [0.25, 0.3) is 0 Å². The van der Waals surface area contributed by atoms with E-state index in [-0.39, 0.29) is 11.6 Å². The molecule has 1 heterocycles. The van der Waals surface area contributed by atoms with E-state index in [1.165, 1.54) is 13.0 Å². The van der Waals surface area contributed by atoms with Gasteiger partial charge in [-0.05, 0) is 50.6 Å². The van der Waals surface area contributed by atoms with Crippen LogP contribution >= 0.6 is 0 Å². The molecule has 0 saturated carbocycles. The molecule has 0 saturated heterocycles. The standard InChI is InChI=1S/C15H16F3NO/c1-9-4-6-12(8-13(9)15(16,17)18)19-11(3)14-7-5-10(2)20-14/h4-8,11,19H,1-3H3. The first-order chi connectivity index (χ1) is 9.27. The Hall–Kier alpha value is -1.91. The lowest BCUT2D eigenvalue weighted by atomic mass is 10.1. The lowest BCUT2D eigenvalue weighted by molar-refractivity contribution is -0.138. The van der Waals surface area contributed by atoms with E-state index in [1.807, 2.05) is 26.0 Å². The first kappa shape index (κ1) is 14.5. The number of nitrogens with one attached hydrogen (secondary N) is 1. The Balaban J connectivity index is 2.22. The Morgan fingerprint density at radius 2 is 1.80 bits per heavy atom. The van der Waals surface area contributed by atoms with Crippen molar-refractivity contribution in [2.75, 3.05) is 5.32 Å². The Kier molecular flexibility index (Phi) is 3.79. The van der Waals surface area contributed by atoms with E-state index in [0.717, 1.165) is 11.8 Å². The smallest absolute Gasteiger partial charge is 0.416 e. The SMILES string of the molecule is Cc1ccc(C(C)Nc2ccc(C)c(C(F)(F)F)c2)o1. The second-order valence-electron chi connectivity index (χ2n) is 4.84. The molecule has 20 heavy (non-hydrogen) atoms. The molecule has 5 heteroatoms. The van der Waals surface area contributed by atoms with Gasteiger partial charge in [0.1, 0.15) is 11.5 Å². The van der Waals surface area contributed by atoms with Crippen molar-refractivity contribution in [1.82, 2.24) is 0 Å². The second kappa shape index (κ2) is 5.23. The van der Waals surface area contributed by atoms with Crippen LogP contribution in [-0.4, -0.2) is 0 Å². The van der Waals surface area contributed by atoms with Crippen molar-refractivity contribution >= 4 is 5.69 Å². The fourth-order valence-corrected chi connectivity index (χ4v) is 2.02. The van der Waals surface area contributed by atoms with Gasteiger partial charge in [0, 0.05) is 5.69 Å². The topological polar surface area (TPSA) is 25.2 Å². The van der Waals surface area contributed by atoms with E-state index in [9.17, 15) is 13.2 Å². The van der Waals surface area contributed by atoms with Gasteiger partial charge in [0.05, 0.1) is 11.6 Å². The first-order valence-electron chi connectivity index (χ1n) is 6.28. The summed E-state index contributed by atoms with van der Waals surface area (Å²) in [4.78, 5) is 0. The third kappa shape index (κ3) is 3.15. The Bertz CT molecular complexity index is 601. The van der Waals surface area contributed by atoms with E-state index < -0.39 is 11.7 Å². The molecule has 0 aliphatic heterocycles. The van der Waals surface area contributed by atoms with Crippen molar-refractivity contribution in [2.24, 2.45) is 0 Å². The summed E-state index contributed by atoms with van der Waals surface area (Å²) in [6, 6.07) is 7.66. The minimum atomic E-state index is -4.34. The minimum absolute atomic E-state index is 0.201.